The molecule has 174 valence electrons. The van der Waals surface area contributed by atoms with E-state index in [4.69, 9.17) is 28.2 Å². The molecule has 0 fully saturated rings. The number of thioether (sulfide) groups is 1. The zero-order valence-electron chi connectivity index (χ0n) is 19.0. The zero-order valence-corrected chi connectivity index (χ0v) is 21.4. The van der Waals surface area contributed by atoms with Crippen LogP contribution in [0.2, 0.25) is 10.0 Å². The van der Waals surface area contributed by atoms with Crippen molar-refractivity contribution >= 4 is 46.6 Å². The molecule has 0 bridgehead atoms. The molecule has 1 atom stereocenters. The minimum absolute atomic E-state index is 0.175. The first-order valence-electron chi connectivity index (χ1n) is 10.9. The van der Waals surface area contributed by atoms with Crippen molar-refractivity contribution in [3.05, 3.63) is 100 Å². The van der Waals surface area contributed by atoms with E-state index >= 15 is 0 Å². The van der Waals surface area contributed by atoms with Crippen molar-refractivity contribution in [1.29, 1.82) is 5.26 Å². The van der Waals surface area contributed by atoms with Gasteiger partial charge in [-0.2, -0.15) is 5.26 Å². The molecular formula is C28H21Cl2N3OS. The van der Waals surface area contributed by atoms with Crippen LogP contribution in [-0.4, -0.2) is 16.1 Å². The number of aryl methyl sites for hydroxylation is 1. The maximum atomic E-state index is 13.0. The average Bonchev–Trinajstić information content (AvgIpc) is 2.85. The Bertz CT molecular complexity index is 1430. The summed E-state index contributed by atoms with van der Waals surface area (Å²) in [5.41, 5.74) is 4.98. The molecule has 1 N–H and O–H groups in total. The predicted octanol–water partition coefficient (Wildman–Crippen LogP) is 8.02. The Morgan fingerprint density at radius 1 is 1.00 bits per heavy atom. The van der Waals surface area contributed by atoms with Crippen LogP contribution in [-0.2, 0) is 4.79 Å². The van der Waals surface area contributed by atoms with E-state index in [-0.39, 0.29) is 5.91 Å². The first-order valence-corrected chi connectivity index (χ1v) is 12.5. The molecule has 0 aliphatic carbocycles. The Labute approximate surface area is 218 Å². The van der Waals surface area contributed by atoms with Gasteiger partial charge in [0.15, 0.2) is 0 Å². The Kier molecular flexibility index (Phi) is 7.77. The molecule has 7 heteroatoms. The quantitative estimate of drug-likeness (QED) is 0.263. The van der Waals surface area contributed by atoms with Gasteiger partial charge in [0.05, 0.1) is 16.5 Å². The molecule has 35 heavy (non-hydrogen) atoms. The smallest absolute Gasteiger partial charge is 0.237 e. The molecule has 1 unspecified atom stereocenters. The monoisotopic (exact) mass is 517 g/mol. The van der Waals surface area contributed by atoms with Crippen LogP contribution in [0.3, 0.4) is 0 Å². The minimum Gasteiger partial charge on any atom is -0.325 e. The van der Waals surface area contributed by atoms with Gasteiger partial charge in [-0.05, 0) is 49.7 Å². The van der Waals surface area contributed by atoms with E-state index in [1.54, 1.807) is 25.1 Å². The zero-order chi connectivity index (χ0) is 24.9. The van der Waals surface area contributed by atoms with Crippen LogP contribution in [0.15, 0.2) is 83.9 Å². The van der Waals surface area contributed by atoms with E-state index in [0.717, 1.165) is 22.4 Å². The van der Waals surface area contributed by atoms with E-state index in [0.29, 0.717) is 31.9 Å². The van der Waals surface area contributed by atoms with Crippen molar-refractivity contribution in [3.63, 3.8) is 0 Å². The lowest BCUT2D eigenvalue weighted by molar-refractivity contribution is -0.115. The van der Waals surface area contributed by atoms with Crippen LogP contribution in [0.4, 0.5) is 5.69 Å². The van der Waals surface area contributed by atoms with Gasteiger partial charge in [0.1, 0.15) is 11.1 Å². The second kappa shape index (κ2) is 11.0. The van der Waals surface area contributed by atoms with E-state index in [2.05, 4.69) is 11.4 Å². The molecule has 4 rings (SSSR count). The summed E-state index contributed by atoms with van der Waals surface area (Å²) in [6.45, 7) is 3.74. The SMILES string of the molecule is Cc1ccccc1NC(=O)C(C)Sc1nc(-c2ccc(Cl)cc2)cc(-c2ccccc2Cl)c1C#N. The first kappa shape index (κ1) is 24.8. The number of nitrogens with zero attached hydrogens (tertiary/aromatic N) is 2. The number of nitrogens with one attached hydrogen (secondary N) is 1. The molecule has 4 nitrogen and oxygen atoms in total. The summed E-state index contributed by atoms with van der Waals surface area (Å²) >= 11 is 13.8. The lowest BCUT2D eigenvalue weighted by Gasteiger charge is -2.17. The number of aromatic nitrogens is 1. The van der Waals surface area contributed by atoms with Crippen LogP contribution in [0.25, 0.3) is 22.4 Å². The van der Waals surface area contributed by atoms with Crippen molar-refractivity contribution in [2.75, 3.05) is 5.32 Å². The van der Waals surface area contributed by atoms with Crippen molar-refractivity contribution in [2.45, 2.75) is 24.1 Å². The summed E-state index contributed by atoms with van der Waals surface area (Å²) in [7, 11) is 0. The van der Waals surface area contributed by atoms with Gasteiger partial charge in [0.2, 0.25) is 5.91 Å². The molecule has 0 saturated carbocycles. The predicted molar refractivity (Wildman–Crippen MR) is 145 cm³/mol. The largest absolute Gasteiger partial charge is 0.325 e. The second-order valence-corrected chi connectivity index (χ2v) is 10.1. The lowest BCUT2D eigenvalue weighted by atomic mass is 9.99. The third-order valence-corrected chi connectivity index (χ3v) is 7.13. The van der Waals surface area contributed by atoms with Gasteiger partial charge in [-0.1, -0.05) is 83.5 Å². The molecule has 1 aromatic heterocycles. The summed E-state index contributed by atoms with van der Waals surface area (Å²) in [5.74, 6) is -0.175. The highest BCUT2D eigenvalue weighted by Crippen LogP contribution is 2.38. The van der Waals surface area contributed by atoms with Gasteiger partial charge in [0.25, 0.3) is 0 Å². The van der Waals surface area contributed by atoms with E-state index in [1.165, 1.54) is 11.8 Å². The maximum Gasteiger partial charge on any atom is 0.237 e. The van der Waals surface area contributed by atoms with Crippen LogP contribution in [0.1, 0.15) is 18.1 Å². The van der Waals surface area contributed by atoms with Crippen molar-refractivity contribution in [2.24, 2.45) is 0 Å². The van der Waals surface area contributed by atoms with Crippen LogP contribution in [0, 0.1) is 18.3 Å². The molecular weight excluding hydrogens is 497 g/mol. The second-order valence-electron chi connectivity index (χ2n) is 7.90. The topological polar surface area (TPSA) is 65.8 Å². The maximum absolute atomic E-state index is 13.0. The van der Waals surface area contributed by atoms with E-state index in [1.807, 2.05) is 67.6 Å². The van der Waals surface area contributed by atoms with Gasteiger partial charge in [-0.25, -0.2) is 4.98 Å². The molecule has 4 aromatic rings. The Morgan fingerprint density at radius 3 is 2.37 bits per heavy atom. The highest BCUT2D eigenvalue weighted by molar-refractivity contribution is 8.00. The minimum atomic E-state index is -0.506. The first-order chi connectivity index (χ1) is 16.9. The highest BCUT2D eigenvalue weighted by atomic mass is 35.5. The fourth-order valence-electron chi connectivity index (χ4n) is 3.54. The fraction of sp³-hybridized carbons (Fsp3) is 0.107. The van der Waals surface area contributed by atoms with Crippen LogP contribution in [0.5, 0.6) is 0 Å². The number of para-hydroxylation sites is 1. The standard InChI is InChI=1S/C28H21Cl2N3OS/c1-17-7-3-6-10-25(17)32-27(34)18(2)35-28-23(16-31)22(21-8-4-5-9-24(21)30)15-26(33-28)19-11-13-20(29)14-12-19/h3-15,18H,1-2H3,(H,32,34). The number of carbonyl (C=O) groups excluding carboxylic acids is 1. The molecule has 0 spiro atoms. The van der Waals surface area contributed by atoms with E-state index in [9.17, 15) is 10.1 Å². The third-order valence-electron chi connectivity index (χ3n) is 5.46. The molecule has 3 aromatic carbocycles. The fourth-order valence-corrected chi connectivity index (χ4v) is 4.83. The van der Waals surface area contributed by atoms with Gasteiger partial charge in [0, 0.05) is 32.4 Å². The Balaban J connectivity index is 1.77. The number of halogens is 2. The van der Waals surface area contributed by atoms with Crippen molar-refractivity contribution in [1.82, 2.24) is 4.98 Å². The highest BCUT2D eigenvalue weighted by Gasteiger charge is 2.22. The molecule has 0 saturated heterocycles. The third kappa shape index (κ3) is 5.68. The summed E-state index contributed by atoms with van der Waals surface area (Å²) in [5, 5.41) is 14.2. The van der Waals surface area contributed by atoms with Crippen molar-refractivity contribution < 1.29 is 4.79 Å². The Morgan fingerprint density at radius 2 is 1.69 bits per heavy atom. The van der Waals surface area contributed by atoms with Crippen molar-refractivity contribution in [3.8, 4) is 28.5 Å². The summed E-state index contributed by atoms with van der Waals surface area (Å²) < 4.78 is 0. The lowest BCUT2D eigenvalue weighted by Crippen LogP contribution is -2.23. The van der Waals surface area contributed by atoms with E-state index < -0.39 is 5.25 Å². The van der Waals surface area contributed by atoms with Gasteiger partial charge < -0.3 is 5.32 Å². The molecule has 0 radical (unpaired) electrons. The number of anilines is 1. The number of pyridine rings is 1. The number of carbonyl (C=O) groups is 1. The molecule has 1 heterocycles. The summed E-state index contributed by atoms with van der Waals surface area (Å²) in [6.07, 6.45) is 0. The number of benzene rings is 3. The van der Waals surface area contributed by atoms with Gasteiger partial charge >= 0.3 is 0 Å². The Hall–Kier alpha value is -3.30. The number of hydrogen-bond donors (Lipinski definition) is 1. The molecule has 1 amide bonds. The van der Waals surface area contributed by atoms with Gasteiger partial charge in [-0.3, -0.25) is 4.79 Å². The molecule has 0 aliphatic heterocycles. The van der Waals surface area contributed by atoms with Crippen LogP contribution >= 0.6 is 35.0 Å². The normalized spacial score (nSPS) is 11.5. The summed E-state index contributed by atoms with van der Waals surface area (Å²) in [6, 6.07) is 26.4. The summed E-state index contributed by atoms with van der Waals surface area (Å²) in [4.78, 5) is 17.8. The average molecular weight is 518 g/mol. The number of rotatable bonds is 6. The number of hydrogen-bond acceptors (Lipinski definition) is 4. The number of amides is 1. The van der Waals surface area contributed by atoms with Gasteiger partial charge in [-0.15, -0.1) is 0 Å². The molecule has 0 aliphatic rings. The number of nitriles is 1. The van der Waals surface area contributed by atoms with Crippen LogP contribution < -0.4 is 5.32 Å².